The van der Waals surface area contributed by atoms with Crippen molar-refractivity contribution in [3.63, 3.8) is 0 Å². The molecule has 118 valence electrons. The maximum atomic E-state index is 6.41. The number of benzene rings is 1. The van der Waals surface area contributed by atoms with Gasteiger partial charge in [-0.05, 0) is 69.5 Å². The summed E-state index contributed by atoms with van der Waals surface area (Å²) in [5.41, 5.74) is 3.96. The summed E-state index contributed by atoms with van der Waals surface area (Å²) in [5, 5.41) is 1.40. The summed E-state index contributed by atoms with van der Waals surface area (Å²) >= 11 is 12.6. The van der Waals surface area contributed by atoms with E-state index in [1.165, 1.54) is 12.8 Å². The Labute approximate surface area is 137 Å². The number of halogens is 2. The number of rotatable bonds is 4. The minimum Gasteiger partial charge on any atom is -0.302 e. The van der Waals surface area contributed by atoms with Gasteiger partial charge in [0.1, 0.15) is 0 Å². The van der Waals surface area contributed by atoms with E-state index in [1.54, 1.807) is 0 Å². The summed E-state index contributed by atoms with van der Waals surface area (Å²) in [6.07, 6.45) is 4.60. The van der Waals surface area contributed by atoms with Gasteiger partial charge in [-0.3, -0.25) is 11.3 Å². The molecule has 3 nitrogen and oxygen atoms in total. The van der Waals surface area contributed by atoms with Crippen LogP contribution in [-0.2, 0) is 0 Å². The highest BCUT2D eigenvalue weighted by molar-refractivity contribution is 6.33. The lowest BCUT2D eigenvalue weighted by atomic mass is 9.70. The Morgan fingerprint density at radius 1 is 1.29 bits per heavy atom. The van der Waals surface area contributed by atoms with Gasteiger partial charge in [0, 0.05) is 15.6 Å². The van der Waals surface area contributed by atoms with Gasteiger partial charge < -0.3 is 4.90 Å². The van der Waals surface area contributed by atoms with Crippen molar-refractivity contribution < 1.29 is 0 Å². The number of likely N-dealkylation sites (N-methyl/N-ethyl adjacent to an activating group) is 1. The Morgan fingerprint density at radius 2 is 1.90 bits per heavy atom. The van der Waals surface area contributed by atoms with Crippen molar-refractivity contribution >= 4 is 23.2 Å². The monoisotopic (exact) mass is 329 g/mol. The van der Waals surface area contributed by atoms with E-state index in [9.17, 15) is 0 Å². The molecule has 0 bridgehead atoms. The highest BCUT2D eigenvalue weighted by Crippen LogP contribution is 2.45. The topological polar surface area (TPSA) is 41.3 Å². The lowest BCUT2D eigenvalue weighted by molar-refractivity contribution is 0.0429. The quantitative estimate of drug-likeness (QED) is 0.647. The molecule has 0 aromatic heterocycles. The van der Waals surface area contributed by atoms with Crippen LogP contribution in [0.4, 0.5) is 0 Å². The Hall–Kier alpha value is -0.320. The van der Waals surface area contributed by atoms with E-state index >= 15 is 0 Å². The van der Waals surface area contributed by atoms with Crippen LogP contribution < -0.4 is 11.3 Å². The van der Waals surface area contributed by atoms with Crippen molar-refractivity contribution in [2.45, 2.75) is 44.2 Å². The Balaban J connectivity index is 2.43. The molecule has 1 aromatic rings. The van der Waals surface area contributed by atoms with Crippen molar-refractivity contribution in [3.8, 4) is 0 Å². The fourth-order valence-corrected chi connectivity index (χ4v) is 3.93. The molecule has 0 heterocycles. The van der Waals surface area contributed by atoms with Crippen LogP contribution in [0.25, 0.3) is 0 Å². The third-order valence-electron chi connectivity index (χ3n) is 5.00. The molecule has 3 N–H and O–H groups in total. The largest absolute Gasteiger partial charge is 0.302 e. The summed E-state index contributed by atoms with van der Waals surface area (Å²) < 4.78 is 0. The van der Waals surface area contributed by atoms with Crippen LogP contribution in [0.2, 0.25) is 10.0 Å². The van der Waals surface area contributed by atoms with Crippen molar-refractivity contribution in [2.75, 3.05) is 14.1 Å². The first-order chi connectivity index (χ1) is 9.90. The standard InChI is InChI=1S/C16H25Cl2N3/c1-11-6-8-16(9-7-11,21(2)3)15(20-19)13-10-12(17)4-5-14(13)18/h4-5,10-11,15,20H,6-9,19H2,1-3H3. The lowest BCUT2D eigenvalue weighted by Crippen LogP contribution is -2.57. The smallest absolute Gasteiger partial charge is 0.0658 e. The molecular formula is C16H25Cl2N3. The highest BCUT2D eigenvalue weighted by atomic mass is 35.5. The van der Waals surface area contributed by atoms with Crippen molar-refractivity contribution in [3.05, 3.63) is 33.8 Å². The molecule has 1 unspecified atom stereocenters. The molecule has 1 aromatic carbocycles. The molecular weight excluding hydrogens is 305 g/mol. The molecule has 2 rings (SSSR count). The van der Waals surface area contributed by atoms with E-state index in [0.717, 1.165) is 24.3 Å². The van der Waals surface area contributed by atoms with Gasteiger partial charge in [0.25, 0.3) is 0 Å². The number of hydrogen-bond donors (Lipinski definition) is 2. The van der Waals surface area contributed by atoms with Crippen LogP contribution in [0.3, 0.4) is 0 Å². The molecule has 1 fully saturated rings. The SMILES string of the molecule is CC1CCC(C(NN)c2cc(Cl)ccc2Cl)(N(C)C)CC1. The molecule has 1 saturated carbocycles. The zero-order valence-corrected chi connectivity index (χ0v) is 14.5. The molecule has 0 saturated heterocycles. The molecule has 5 heteroatoms. The van der Waals surface area contributed by atoms with Crippen LogP contribution in [0.5, 0.6) is 0 Å². The maximum absolute atomic E-state index is 6.41. The Kier molecular flexibility index (Phi) is 5.55. The second-order valence-corrected chi connectivity index (χ2v) is 7.29. The van der Waals surface area contributed by atoms with E-state index in [1.807, 2.05) is 18.2 Å². The van der Waals surface area contributed by atoms with Gasteiger partial charge in [0.05, 0.1) is 6.04 Å². The third-order valence-corrected chi connectivity index (χ3v) is 5.58. The molecule has 1 aliphatic rings. The van der Waals surface area contributed by atoms with Crippen LogP contribution in [0.15, 0.2) is 18.2 Å². The molecule has 1 aliphatic carbocycles. The number of nitrogens with one attached hydrogen (secondary N) is 1. The molecule has 0 aliphatic heterocycles. The van der Waals surface area contributed by atoms with Gasteiger partial charge in [0.15, 0.2) is 0 Å². The molecule has 0 spiro atoms. The van der Waals surface area contributed by atoms with Gasteiger partial charge in [0.2, 0.25) is 0 Å². The van der Waals surface area contributed by atoms with Gasteiger partial charge in [-0.15, -0.1) is 0 Å². The van der Waals surface area contributed by atoms with Crippen molar-refractivity contribution in [1.29, 1.82) is 0 Å². The van der Waals surface area contributed by atoms with E-state index in [2.05, 4.69) is 31.3 Å². The molecule has 21 heavy (non-hydrogen) atoms. The molecule has 1 atom stereocenters. The van der Waals surface area contributed by atoms with Gasteiger partial charge in [-0.2, -0.15) is 0 Å². The van der Waals surface area contributed by atoms with Gasteiger partial charge in [-0.25, -0.2) is 0 Å². The normalized spacial score (nSPS) is 27.9. The van der Waals surface area contributed by atoms with Crippen LogP contribution >= 0.6 is 23.2 Å². The Morgan fingerprint density at radius 3 is 2.43 bits per heavy atom. The van der Waals surface area contributed by atoms with Crippen molar-refractivity contribution in [1.82, 2.24) is 10.3 Å². The minimum atomic E-state index is -0.0359. The summed E-state index contributed by atoms with van der Waals surface area (Å²) in [7, 11) is 4.25. The van der Waals surface area contributed by atoms with Crippen LogP contribution in [0, 0.1) is 5.92 Å². The summed E-state index contributed by atoms with van der Waals surface area (Å²) in [5.74, 6) is 6.70. The van der Waals surface area contributed by atoms with Crippen LogP contribution in [-0.4, -0.2) is 24.5 Å². The second-order valence-electron chi connectivity index (χ2n) is 6.45. The molecule has 0 radical (unpaired) electrons. The van der Waals surface area contributed by atoms with Crippen LogP contribution in [0.1, 0.15) is 44.2 Å². The fourth-order valence-electron chi connectivity index (χ4n) is 3.53. The predicted molar refractivity (Wildman–Crippen MR) is 90.6 cm³/mol. The average Bonchev–Trinajstić information content (AvgIpc) is 2.45. The first kappa shape index (κ1) is 17.0. The zero-order valence-electron chi connectivity index (χ0n) is 13.0. The zero-order chi connectivity index (χ0) is 15.6. The number of hydrogen-bond acceptors (Lipinski definition) is 3. The van der Waals surface area contributed by atoms with E-state index in [0.29, 0.717) is 10.0 Å². The minimum absolute atomic E-state index is 0.0322. The van der Waals surface area contributed by atoms with Crippen molar-refractivity contribution in [2.24, 2.45) is 11.8 Å². The number of nitrogens with zero attached hydrogens (tertiary/aromatic N) is 1. The fraction of sp³-hybridized carbons (Fsp3) is 0.625. The summed E-state index contributed by atoms with van der Waals surface area (Å²) in [4.78, 5) is 2.29. The predicted octanol–water partition coefficient (Wildman–Crippen LogP) is 4.01. The molecule has 0 amide bonds. The third kappa shape index (κ3) is 3.38. The van der Waals surface area contributed by atoms with Gasteiger partial charge in [-0.1, -0.05) is 30.1 Å². The Bertz CT molecular complexity index is 482. The highest BCUT2D eigenvalue weighted by Gasteiger charge is 2.44. The average molecular weight is 330 g/mol. The summed E-state index contributed by atoms with van der Waals surface area (Å²) in [6, 6.07) is 5.55. The van der Waals surface area contributed by atoms with Gasteiger partial charge >= 0.3 is 0 Å². The lowest BCUT2D eigenvalue weighted by Gasteiger charge is -2.49. The van der Waals surface area contributed by atoms with E-state index in [4.69, 9.17) is 29.0 Å². The first-order valence-corrected chi connectivity index (χ1v) is 8.25. The first-order valence-electron chi connectivity index (χ1n) is 7.49. The number of nitrogens with two attached hydrogens (primary N) is 1. The number of hydrazine groups is 1. The van der Waals surface area contributed by atoms with E-state index in [-0.39, 0.29) is 11.6 Å². The van der Waals surface area contributed by atoms with E-state index < -0.39 is 0 Å². The summed E-state index contributed by atoms with van der Waals surface area (Å²) in [6.45, 7) is 2.32. The maximum Gasteiger partial charge on any atom is 0.0658 e. The second kappa shape index (κ2) is 6.84.